The Morgan fingerprint density at radius 3 is 2.71 bits per heavy atom. The van der Waals surface area contributed by atoms with Crippen molar-refractivity contribution < 1.29 is 13.2 Å². The predicted octanol–water partition coefficient (Wildman–Crippen LogP) is 1.11. The van der Waals surface area contributed by atoms with Crippen LogP contribution in [0.5, 0.6) is 0 Å². The van der Waals surface area contributed by atoms with E-state index in [1.165, 1.54) is 6.42 Å². The van der Waals surface area contributed by atoms with Crippen LogP contribution in [0.25, 0.3) is 0 Å². The Labute approximate surface area is 104 Å². The summed E-state index contributed by atoms with van der Waals surface area (Å²) >= 11 is 0. The molecule has 1 aliphatic carbocycles. The topological polar surface area (TPSA) is 55.4 Å². The van der Waals surface area contributed by atoms with Gasteiger partial charge in [0.25, 0.3) is 0 Å². The van der Waals surface area contributed by atoms with Crippen molar-refractivity contribution in [3.05, 3.63) is 0 Å². The van der Waals surface area contributed by atoms with Gasteiger partial charge in [-0.3, -0.25) is 0 Å². The molecule has 3 atom stereocenters. The lowest BCUT2D eigenvalue weighted by Gasteiger charge is -2.29. The Balaban J connectivity index is 1.78. The highest BCUT2D eigenvalue weighted by atomic mass is 32.2. The lowest BCUT2D eigenvalue weighted by molar-refractivity contribution is 0.0589. The highest BCUT2D eigenvalue weighted by molar-refractivity contribution is 7.92. The molecule has 0 aromatic carbocycles. The van der Waals surface area contributed by atoms with E-state index in [1.54, 1.807) is 7.11 Å². The van der Waals surface area contributed by atoms with Gasteiger partial charge >= 0.3 is 0 Å². The van der Waals surface area contributed by atoms with Crippen LogP contribution in [-0.4, -0.2) is 45.2 Å². The molecule has 0 radical (unpaired) electrons. The van der Waals surface area contributed by atoms with Gasteiger partial charge in [0.1, 0.15) is 0 Å². The number of rotatable bonds is 4. The van der Waals surface area contributed by atoms with Crippen molar-refractivity contribution in [3.8, 4) is 0 Å². The molecule has 1 saturated heterocycles. The number of methoxy groups -OCH3 is 1. The normalized spacial score (nSPS) is 37.1. The molecule has 1 N–H and O–H groups in total. The molecule has 100 valence electrons. The Bertz CT molecular complexity index is 342. The van der Waals surface area contributed by atoms with Gasteiger partial charge < -0.3 is 10.1 Å². The average molecular weight is 261 g/mol. The molecule has 1 aliphatic heterocycles. The smallest absolute Gasteiger partial charge is 0.154 e. The molecule has 0 aromatic heterocycles. The minimum atomic E-state index is -2.80. The zero-order valence-electron chi connectivity index (χ0n) is 10.5. The van der Waals surface area contributed by atoms with Gasteiger partial charge in [-0.1, -0.05) is 0 Å². The predicted molar refractivity (Wildman–Crippen MR) is 67.9 cm³/mol. The van der Waals surface area contributed by atoms with E-state index < -0.39 is 9.84 Å². The van der Waals surface area contributed by atoms with E-state index in [0.29, 0.717) is 24.4 Å². The summed E-state index contributed by atoms with van der Waals surface area (Å²) in [6.07, 6.45) is 6.48. The molecular weight excluding hydrogens is 238 g/mol. The maximum absolute atomic E-state index is 11.7. The van der Waals surface area contributed by atoms with Gasteiger partial charge in [-0.2, -0.15) is 0 Å². The van der Waals surface area contributed by atoms with Crippen LogP contribution in [0.3, 0.4) is 0 Å². The molecule has 1 heterocycles. The zero-order chi connectivity index (χ0) is 12.3. The van der Waals surface area contributed by atoms with E-state index >= 15 is 0 Å². The first-order chi connectivity index (χ1) is 8.12. The maximum atomic E-state index is 11.7. The third-order valence-electron chi connectivity index (χ3n) is 4.06. The van der Waals surface area contributed by atoms with E-state index in [1.807, 2.05) is 0 Å². The Morgan fingerprint density at radius 2 is 2.06 bits per heavy atom. The van der Waals surface area contributed by atoms with E-state index in [9.17, 15) is 8.42 Å². The summed E-state index contributed by atoms with van der Waals surface area (Å²) in [5.41, 5.74) is 0. The fourth-order valence-electron chi connectivity index (χ4n) is 2.93. The summed E-state index contributed by atoms with van der Waals surface area (Å²) < 4.78 is 28.8. The molecular formula is C12H23NO3S. The van der Waals surface area contributed by atoms with Crippen LogP contribution in [0.2, 0.25) is 0 Å². The van der Waals surface area contributed by atoms with Gasteiger partial charge in [-0.05, 0) is 38.5 Å². The first-order valence-corrected chi connectivity index (χ1v) is 8.31. The third-order valence-corrected chi connectivity index (χ3v) is 6.33. The van der Waals surface area contributed by atoms with Gasteiger partial charge in [-0.25, -0.2) is 8.42 Å². The molecule has 5 heteroatoms. The minimum absolute atomic E-state index is 0.148. The number of hydrogen-bond acceptors (Lipinski definition) is 4. The summed E-state index contributed by atoms with van der Waals surface area (Å²) in [5, 5.41) is 3.28. The molecule has 0 aromatic rings. The van der Waals surface area contributed by atoms with Crippen molar-refractivity contribution in [3.63, 3.8) is 0 Å². The van der Waals surface area contributed by atoms with Crippen LogP contribution < -0.4 is 5.32 Å². The summed E-state index contributed by atoms with van der Waals surface area (Å²) in [5.74, 6) is 0.380. The number of nitrogens with one attached hydrogen (secondary N) is 1. The number of ether oxygens (including phenoxy) is 1. The van der Waals surface area contributed by atoms with E-state index in [2.05, 4.69) is 5.32 Å². The van der Waals surface area contributed by atoms with Crippen LogP contribution in [-0.2, 0) is 14.6 Å². The van der Waals surface area contributed by atoms with Gasteiger partial charge in [0.15, 0.2) is 9.84 Å². The van der Waals surface area contributed by atoms with Crippen molar-refractivity contribution in [2.24, 2.45) is 0 Å². The van der Waals surface area contributed by atoms with E-state index in [-0.39, 0.29) is 5.25 Å². The highest BCUT2D eigenvalue weighted by Crippen LogP contribution is 2.23. The standard InChI is InChI=1S/C12H23NO3S/c1-16-11-5-2-4-10(8-11)13-9-12-6-3-7-17(12,14)15/h10-13H,2-9H2,1H3. The van der Waals surface area contributed by atoms with Crippen molar-refractivity contribution in [1.29, 1.82) is 0 Å². The first-order valence-electron chi connectivity index (χ1n) is 6.59. The molecule has 4 nitrogen and oxygen atoms in total. The second-order valence-corrected chi connectivity index (χ2v) is 7.66. The van der Waals surface area contributed by atoms with Crippen molar-refractivity contribution in [2.45, 2.75) is 55.9 Å². The summed E-state index contributed by atoms with van der Waals surface area (Å²) in [6, 6.07) is 0.435. The first kappa shape index (κ1) is 13.3. The fourth-order valence-corrected chi connectivity index (χ4v) is 4.71. The second-order valence-electron chi connectivity index (χ2n) is 5.26. The lowest BCUT2D eigenvalue weighted by atomic mass is 9.93. The van der Waals surface area contributed by atoms with E-state index in [4.69, 9.17) is 4.74 Å². The Morgan fingerprint density at radius 1 is 1.24 bits per heavy atom. The Hall–Kier alpha value is -0.130. The van der Waals surface area contributed by atoms with Crippen LogP contribution in [0.15, 0.2) is 0 Å². The molecule has 17 heavy (non-hydrogen) atoms. The monoisotopic (exact) mass is 261 g/mol. The molecule has 2 aliphatic rings. The van der Waals surface area contributed by atoms with Crippen molar-refractivity contribution in [2.75, 3.05) is 19.4 Å². The average Bonchev–Trinajstić information content (AvgIpc) is 2.66. The summed E-state index contributed by atoms with van der Waals surface area (Å²) in [4.78, 5) is 0. The molecule has 0 bridgehead atoms. The number of hydrogen-bond donors (Lipinski definition) is 1. The van der Waals surface area contributed by atoms with Crippen LogP contribution in [0.4, 0.5) is 0 Å². The largest absolute Gasteiger partial charge is 0.381 e. The van der Waals surface area contributed by atoms with E-state index in [0.717, 1.165) is 32.1 Å². The van der Waals surface area contributed by atoms with Crippen LogP contribution in [0, 0.1) is 0 Å². The number of sulfone groups is 1. The van der Waals surface area contributed by atoms with Gasteiger partial charge in [-0.15, -0.1) is 0 Å². The Kier molecular flexibility index (Phi) is 4.44. The fraction of sp³-hybridized carbons (Fsp3) is 1.00. The van der Waals surface area contributed by atoms with Crippen molar-refractivity contribution in [1.82, 2.24) is 5.32 Å². The summed E-state index contributed by atoms with van der Waals surface area (Å²) in [6.45, 7) is 0.628. The van der Waals surface area contributed by atoms with Gasteiger partial charge in [0.2, 0.25) is 0 Å². The highest BCUT2D eigenvalue weighted by Gasteiger charge is 2.32. The molecule has 0 amide bonds. The maximum Gasteiger partial charge on any atom is 0.154 e. The quantitative estimate of drug-likeness (QED) is 0.823. The SMILES string of the molecule is COC1CCCC(NCC2CCCS2(=O)=O)C1. The van der Waals surface area contributed by atoms with Gasteiger partial charge in [0, 0.05) is 19.7 Å². The molecule has 2 rings (SSSR count). The van der Waals surface area contributed by atoms with Gasteiger partial charge in [0.05, 0.1) is 17.1 Å². The van der Waals surface area contributed by atoms with Crippen LogP contribution in [0.1, 0.15) is 38.5 Å². The molecule has 2 fully saturated rings. The molecule has 0 spiro atoms. The minimum Gasteiger partial charge on any atom is -0.381 e. The van der Waals surface area contributed by atoms with Crippen molar-refractivity contribution >= 4 is 9.84 Å². The molecule has 1 saturated carbocycles. The third kappa shape index (κ3) is 3.42. The second kappa shape index (κ2) is 5.67. The summed E-state index contributed by atoms with van der Waals surface area (Å²) in [7, 11) is -1.04. The molecule has 3 unspecified atom stereocenters. The van der Waals surface area contributed by atoms with Crippen LogP contribution >= 0.6 is 0 Å². The lowest BCUT2D eigenvalue weighted by Crippen LogP contribution is -2.41. The zero-order valence-corrected chi connectivity index (χ0v) is 11.3.